The molecule has 4 nitrogen and oxygen atoms in total. The molecular formula is C22H24O4. The highest BCUT2D eigenvalue weighted by molar-refractivity contribution is 6.07. The number of rotatable bonds is 8. The predicted molar refractivity (Wildman–Crippen MR) is 104 cm³/mol. The van der Waals surface area contributed by atoms with E-state index in [9.17, 15) is 15.0 Å². The van der Waals surface area contributed by atoms with Gasteiger partial charge in [0.1, 0.15) is 17.2 Å². The van der Waals surface area contributed by atoms with E-state index in [0.717, 1.165) is 24.0 Å². The highest BCUT2D eigenvalue weighted by Gasteiger charge is 2.16. The Kier molecular flexibility index (Phi) is 6.61. The molecule has 1 unspecified atom stereocenters. The molecule has 26 heavy (non-hydrogen) atoms. The lowest BCUT2D eigenvalue weighted by Gasteiger charge is -2.17. The van der Waals surface area contributed by atoms with Crippen molar-refractivity contribution in [3.63, 3.8) is 0 Å². The van der Waals surface area contributed by atoms with E-state index in [-0.39, 0.29) is 23.2 Å². The highest BCUT2D eigenvalue weighted by Crippen LogP contribution is 2.36. The van der Waals surface area contributed by atoms with E-state index >= 15 is 0 Å². The lowest BCUT2D eigenvalue weighted by atomic mass is 9.90. The number of phenolic OH excluding ortho intramolecular Hbond substituents is 2. The van der Waals surface area contributed by atoms with Crippen molar-refractivity contribution in [2.45, 2.75) is 25.7 Å². The topological polar surface area (TPSA) is 66.8 Å². The third-order valence-electron chi connectivity index (χ3n) is 4.33. The third kappa shape index (κ3) is 4.54. The van der Waals surface area contributed by atoms with Crippen LogP contribution < -0.4 is 4.74 Å². The zero-order chi connectivity index (χ0) is 19.1. The van der Waals surface area contributed by atoms with Gasteiger partial charge in [-0.1, -0.05) is 13.0 Å². The van der Waals surface area contributed by atoms with Gasteiger partial charge in [-0.25, -0.2) is 0 Å². The van der Waals surface area contributed by atoms with Gasteiger partial charge in [-0.15, -0.1) is 6.58 Å². The number of allylic oxidation sites excluding steroid dienone is 2. The van der Waals surface area contributed by atoms with Crippen LogP contribution in [0.3, 0.4) is 0 Å². The second-order valence-electron chi connectivity index (χ2n) is 6.03. The van der Waals surface area contributed by atoms with Crippen molar-refractivity contribution in [1.29, 1.82) is 0 Å². The van der Waals surface area contributed by atoms with E-state index in [0.29, 0.717) is 11.3 Å². The van der Waals surface area contributed by atoms with Gasteiger partial charge in [-0.3, -0.25) is 4.79 Å². The van der Waals surface area contributed by atoms with Crippen LogP contribution in [-0.4, -0.2) is 23.1 Å². The first-order valence-electron chi connectivity index (χ1n) is 8.53. The second-order valence-corrected chi connectivity index (χ2v) is 6.03. The number of carbonyl (C=O) groups is 1. The van der Waals surface area contributed by atoms with E-state index in [1.54, 1.807) is 24.3 Å². The molecule has 0 amide bonds. The number of hydrogen-bond acceptors (Lipinski definition) is 4. The first-order valence-corrected chi connectivity index (χ1v) is 8.53. The summed E-state index contributed by atoms with van der Waals surface area (Å²) in [6.07, 6.45) is 6.59. The predicted octanol–water partition coefficient (Wildman–Crippen LogP) is 5.07. The molecule has 4 heteroatoms. The standard InChI is InChI=1S/C22H24O4/c1-4-6-15(5-2)19-13-17(22(26-3)14-21(19)25)9-12-20(24)16-7-10-18(23)11-8-16/h4,7-15,23,25H,1,5-6H2,2-3H3. The minimum Gasteiger partial charge on any atom is -0.508 e. The van der Waals surface area contributed by atoms with Gasteiger partial charge in [0.25, 0.3) is 0 Å². The summed E-state index contributed by atoms with van der Waals surface area (Å²) in [6, 6.07) is 9.51. The Morgan fingerprint density at radius 2 is 1.92 bits per heavy atom. The largest absolute Gasteiger partial charge is 0.508 e. The molecule has 0 aliphatic rings. The zero-order valence-electron chi connectivity index (χ0n) is 15.1. The molecule has 0 fully saturated rings. The number of ether oxygens (including phenoxy) is 1. The van der Waals surface area contributed by atoms with Gasteiger partial charge >= 0.3 is 0 Å². The van der Waals surface area contributed by atoms with Crippen LogP contribution in [0.5, 0.6) is 17.2 Å². The summed E-state index contributed by atoms with van der Waals surface area (Å²) < 4.78 is 5.33. The summed E-state index contributed by atoms with van der Waals surface area (Å²) in [7, 11) is 1.52. The van der Waals surface area contributed by atoms with Crippen LogP contribution in [0.2, 0.25) is 0 Å². The minimum absolute atomic E-state index is 0.114. The summed E-state index contributed by atoms with van der Waals surface area (Å²) >= 11 is 0. The van der Waals surface area contributed by atoms with Gasteiger partial charge < -0.3 is 14.9 Å². The van der Waals surface area contributed by atoms with E-state index in [2.05, 4.69) is 13.5 Å². The van der Waals surface area contributed by atoms with Crippen molar-refractivity contribution in [2.24, 2.45) is 0 Å². The van der Waals surface area contributed by atoms with Crippen molar-refractivity contribution in [3.8, 4) is 17.2 Å². The number of aromatic hydroxyl groups is 2. The first kappa shape index (κ1) is 19.3. The molecule has 0 bridgehead atoms. The molecule has 0 aromatic heterocycles. The van der Waals surface area contributed by atoms with Gasteiger partial charge in [-0.05, 0) is 66.8 Å². The number of hydrogen-bond donors (Lipinski definition) is 2. The third-order valence-corrected chi connectivity index (χ3v) is 4.33. The van der Waals surface area contributed by atoms with E-state index in [1.165, 1.54) is 25.3 Å². The van der Waals surface area contributed by atoms with Crippen molar-refractivity contribution in [1.82, 2.24) is 0 Å². The SMILES string of the molecule is C=CCC(CC)c1cc(C=CC(=O)c2ccc(O)cc2)c(OC)cc1O. The van der Waals surface area contributed by atoms with Crippen LogP contribution in [0.25, 0.3) is 6.08 Å². The van der Waals surface area contributed by atoms with Gasteiger partial charge in [0.05, 0.1) is 7.11 Å². The van der Waals surface area contributed by atoms with Crippen LogP contribution in [0.1, 0.15) is 47.2 Å². The maximum atomic E-state index is 12.3. The van der Waals surface area contributed by atoms with Gasteiger partial charge in [0.2, 0.25) is 0 Å². The molecule has 0 saturated heterocycles. The molecule has 2 aromatic rings. The Morgan fingerprint density at radius 3 is 2.50 bits per heavy atom. The smallest absolute Gasteiger partial charge is 0.185 e. The number of carbonyl (C=O) groups excluding carboxylic acids is 1. The lowest BCUT2D eigenvalue weighted by Crippen LogP contribution is -1.99. The quantitative estimate of drug-likeness (QED) is 0.395. The molecular weight excluding hydrogens is 328 g/mol. The summed E-state index contributed by atoms with van der Waals surface area (Å²) in [6.45, 7) is 5.83. The lowest BCUT2D eigenvalue weighted by molar-refractivity contribution is 0.104. The van der Waals surface area contributed by atoms with E-state index < -0.39 is 0 Å². The maximum absolute atomic E-state index is 12.3. The van der Waals surface area contributed by atoms with Crippen molar-refractivity contribution < 1.29 is 19.7 Å². The highest BCUT2D eigenvalue weighted by atomic mass is 16.5. The Balaban J connectivity index is 2.36. The molecule has 0 aliphatic heterocycles. The first-order chi connectivity index (χ1) is 12.5. The number of methoxy groups -OCH3 is 1. The van der Waals surface area contributed by atoms with Crippen LogP contribution in [-0.2, 0) is 0 Å². The fourth-order valence-electron chi connectivity index (χ4n) is 2.84. The summed E-state index contributed by atoms with van der Waals surface area (Å²) in [4.78, 5) is 12.3. The summed E-state index contributed by atoms with van der Waals surface area (Å²) in [5.41, 5.74) is 2.01. The van der Waals surface area contributed by atoms with Crippen LogP contribution in [0, 0.1) is 0 Å². The molecule has 2 rings (SSSR count). The summed E-state index contributed by atoms with van der Waals surface area (Å²) in [5, 5.41) is 19.6. The Bertz CT molecular complexity index is 804. The average molecular weight is 352 g/mol. The number of ketones is 1. The van der Waals surface area contributed by atoms with Crippen LogP contribution >= 0.6 is 0 Å². The van der Waals surface area contributed by atoms with E-state index in [4.69, 9.17) is 4.74 Å². The van der Waals surface area contributed by atoms with Crippen molar-refractivity contribution in [3.05, 3.63) is 71.8 Å². The van der Waals surface area contributed by atoms with Crippen LogP contribution in [0.4, 0.5) is 0 Å². The molecule has 0 saturated carbocycles. The zero-order valence-corrected chi connectivity index (χ0v) is 15.1. The fraction of sp³-hybridized carbons (Fsp3) is 0.227. The van der Waals surface area contributed by atoms with Crippen LogP contribution in [0.15, 0.2) is 55.1 Å². The molecule has 0 radical (unpaired) electrons. The Labute approximate surface area is 154 Å². The number of benzene rings is 2. The molecule has 0 aliphatic carbocycles. The molecule has 136 valence electrons. The Morgan fingerprint density at radius 1 is 1.23 bits per heavy atom. The minimum atomic E-state index is -0.181. The Hall–Kier alpha value is -3.01. The van der Waals surface area contributed by atoms with Crippen molar-refractivity contribution in [2.75, 3.05) is 7.11 Å². The van der Waals surface area contributed by atoms with Gasteiger partial charge in [0, 0.05) is 17.2 Å². The second kappa shape index (κ2) is 8.90. The maximum Gasteiger partial charge on any atom is 0.185 e. The molecule has 0 heterocycles. The molecule has 2 N–H and O–H groups in total. The number of phenols is 2. The monoisotopic (exact) mass is 352 g/mol. The van der Waals surface area contributed by atoms with E-state index in [1.807, 2.05) is 12.1 Å². The summed E-state index contributed by atoms with van der Waals surface area (Å²) in [5.74, 6) is 0.758. The molecule has 0 spiro atoms. The van der Waals surface area contributed by atoms with Gasteiger partial charge in [-0.2, -0.15) is 0 Å². The normalized spacial score (nSPS) is 12.1. The van der Waals surface area contributed by atoms with Crippen molar-refractivity contribution >= 4 is 11.9 Å². The molecule has 1 atom stereocenters. The average Bonchev–Trinajstić information content (AvgIpc) is 2.65. The molecule has 2 aromatic carbocycles. The van der Waals surface area contributed by atoms with Gasteiger partial charge in [0.15, 0.2) is 5.78 Å². The fourth-order valence-corrected chi connectivity index (χ4v) is 2.84.